The average Bonchev–Trinajstić information content (AvgIpc) is 3.15. The van der Waals surface area contributed by atoms with E-state index in [4.69, 9.17) is 85.0 Å². The first kappa shape index (κ1) is 51.3. The van der Waals surface area contributed by atoms with Crippen molar-refractivity contribution in [3.8, 4) is 0 Å². The SMILES string of the molecule is COCCOCCOCCOCCOCCOB(OCCOCCOCCOCCOCCOC)OCCOCCOCCOCCOCCOC. The Balaban J connectivity index is 3.94. The summed E-state index contributed by atoms with van der Waals surface area (Å²) in [5, 5.41) is 0. The van der Waals surface area contributed by atoms with Gasteiger partial charge in [0.05, 0.1) is 198 Å². The van der Waals surface area contributed by atoms with E-state index in [1.807, 2.05) is 0 Å². The Morgan fingerprint density at radius 1 is 0.192 bits per heavy atom. The van der Waals surface area contributed by atoms with E-state index in [0.717, 1.165) is 0 Å². The van der Waals surface area contributed by atoms with Crippen LogP contribution in [-0.2, 0) is 85.0 Å². The molecule has 0 saturated carbocycles. The summed E-state index contributed by atoms with van der Waals surface area (Å²) in [6.45, 7) is 13.9. The molecule has 0 heterocycles. The van der Waals surface area contributed by atoms with Crippen LogP contribution in [0.2, 0.25) is 0 Å². The molecule has 18 nitrogen and oxygen atoms in total. The van der Waals surface area contributed by atoms with Gasteiger partial charge in [-0.15, -0.1) is 0 Å². The molecule has 0 aromatic carbocycles. The van der Waals surface area contributed by atoms with E-state index < -0.39 is 7.32 Å². The number of methoxy groups -OCH3 is 3. The largest absolute Gasteiger partial charge is 0.639 e. The summed E-state index contributed by atoms with van der Waals surface area (Å²) >= 11 is 0. The van der Waals surface area contributed by atoms with E-state index in [0.29, 0.717) is 178 Å². The van der Waals surface area contributed by atoms with Crippen LogP contribution in [0, 0.1) is 0 Å². The lowest BCUT2D eigenvalue weighted by Gasteiger charge is -2.15. The molecule has 0 aromatic rings. The van der Waals surface area contributed by atoms with Crippen LogP contribution in [0.25, 0.3) is 0 Å². The Kier molecular flexibility index (Phi) is 47.8. The maximum absolute atomic E-state index is 5.72. The van der Waals surface area contributed by atoms with Gasteiger partial charge in [0.25, 0.3) is 0 Å². The van der Waals surface area contributed by atoms with Crippen molar-refractivity contribution in [2.45, 2.75) is 0 Å². The van der Waals surface area contributed by atoms with E-state index in [2.05, 4.69) is 0 Å². The van der Waals surface area contributed by atoms with E-state index in [9.17, 15) is 0 Å². The lowest BCUT2D eigenvalue weighted by Crippen LogP contribution is -2.32. The molecule has 0 aliphatic carbocycles. The highest BCUT2D eigenvalue weighted by atomic mass is 16.7. The molecule has 0 aromatic heterocycles. The molecule has 0 bridgehead atoms. The first-order valence-corrected chi connectivity index (χ1v) is 18.1. The normalized spacial score (nSPS) is 11.6. The van der Waals surface area contributed by atoms with Gasteiger partial charge < -0.3 is 85.0 Å². The number of hydrogen-bond acceptors (Lipinski definition) is 18. The highest BCUT2D eigenvalue weighted by Crippen LogP contribution is 1.96. The van der Waals surface area contributed by atoms with Crippen molar-refractivity contribution in [1.29, 1.82) is 0 Å². The molecule has 0 aliphatic rings. The van der Waals surface area contributed by atoms with Gasteiger partial charge in [0, 0.05) is 21.3 Å². The van der Waals surface area contributed by atoms with Gasteiger partial charge in [0.2, 0.25) is 0 Å². The topological polar surface area (TPSA) is 166 Å². The fourth-order valence-electron chi connectivity index (χ4n) is 3.47. The summed E-state index contributed by atoms with van der Waals surface area (Å²) in [6, 6.07) is 0. The van der Waals surface area contributed by atoms with Crippen LogP contribution in [0.5, 0.6) is 0 Å². The Hall–Kier alpha value is -0.655. The third-order valence-corrected chi connectivity index (χ3v) is 6.09. The predicted molar refractivity (Wildman–Crippen MR) is 189 cm³/mol. The zero-order chi connectivity index (χ0) is 37.5. The van der Waals surface area contributed by atoms with Crippen molar-refractivity contribution >= 4 is 7.32 Å². The van der Waals surface area contributed by atoms with Gasteiger partial charge in [0.15, 0.2) is 0 Å². The predicted octanol–water partition coefficient (Wildman–Crippen LogP) is 0.160. The zero-order valence-electron chi connectivity index (χ0n) is 32.1. The second-order valence-electron chi connectivity index (χ2n) is 10.2. The molecule has 0 atom stereocenters. The Bertz CT molecular complexity index is 553. The molecular weight excluding hydrogens is 695 g/mol. The molecule has 312 valence electrons. The second-order valence-corrected chi connectivity index (χ2v) is 10.2. The van der Waals surface area contributed by atoms with Crippen molar-refractivity contribution in [3.05, 3.63) is 0 Å². The van der Waals surface area contributed by atoms with Crippen LogP contribution in [0.3, 0.4) is 0 Å². The number of ether oxygens (including phenoxy) is 15. The van der Waals surface area contributed by atoms with Crippen LogP contribution < -0.4 is 0 Å². The van der Waals surface area contributed by atoms with Crippen molar-refractivity contribution < 1.29 is 85.0 Å². The first-order valence-electron chi connectivity index (χ1n) is 18.1. The van der Waals surface area contributed by atoms with Gasteiger partial charge >= 0.3 is 7.32 Å². The van der Waals surface area contributed by atoms with Gasteiger partial charge in [-0.3, -0.25) is 0 Å². The molecular formula is C33H69BO18. The van der Waals surface area contributed by atoms with Crippen LogP contribution in [0.15, 0.2) is 0 Å². The zero-order valence-corrected chi connectivity index (χ0v) is 32.1. The standard InChI is InChI=1S/C33H69BO18/c1-35-4-7-38-10-13-41-16-19-44-22-25-47-28-31-50-34(51-32-29-48-26-23-45-20-17-42-14-11-39-8-5-36-2)52-33-30-49-27-24-46-21-18-43-15-12-40-9-6-37-3/h4-33H2,1-3H3. The summed E-state index contributed by atoms with van der Waals surface area (Å²) in [6.07, 6.45) is 0. The molecule has 0 aliphatic heterocycles. The molecule has 0 unspecified atom stereocenters. The van der Waals surface area contributed by atoms with E-state index in [1.54, 1.807) is 21.3 Å². The highest BCUT2D eigenvalue weighted by molar-refractivity contribution is 6.36. The minimum atomic E-state index is -0.901. The molecule has 0 saturated heterocycles. The third kappa shape index (κ3) is 45.5. The fourth-order valence-corrected chi connectivity index (χ4v) is 3.47. The number of rotatable bonds is 48. The summed E-state index contributed by atoms with van der Waals surface area (Å²) in [5.74, 6) is 0. The van der Waals surface area contributed by atoms with Crippen molar-refractivity contribution in [3.63, 3.8) is 0 Å². The van der Waals surface area contributed by atoms with Crippen molar-refractivity contribution in [2.75, 3.05) is 220 Å². The van der Waals surface area contributed by atoms with E-state index in [1.165, 1.54) is 0 Å². The van der Waals surface area contributed by atoms with Gasteiger partial charge in [-0.2, -0.15) is 0 Å². The minimum Gasteiger partial charge on any atom is -0.383 e. The Morgan fingerprint density at radius 3 is 0.481 bits per heavy atom. The van der Waals surface area contributed by atoms with E-state index in [-0.39, 0.29) is 19.8 Å². The summed E-state index contributed by atoms with van der Waals surface area (Å²) in [7, 11) is 4.01. The number of hydrogen-bond donors (Lipinski definition) is 0. The first-order chi connectivity index (χ1) is 25.8. The van der Waals surface area contributed by atoms with Crippen LogP contribution in [0.1, 0.15) is 0 Å². The van der Waals surface area contributed by atoms with Gasteiger partial charge in [-0.25, -0.2) is 0 Å². The molecule has 19 heteroatoms. The minimum absolute atomic E-state index is 0.267. The van der Waals surface area contributed by atoms with Crippen molar-refractivity contribution in [2.24, 2.45) is 0 Å². The maximum Gasteiger partial charge on any atom is 0.639 e. The molecule has 0 fully saturated rings. The molecule has 0 rings (SSSR count). The van der Waals surface area contributed by atoms with Gasteiger partial charge in [0.1, 0.15) is 0 Å². The van der Waals surface area contributed by atoms with Crippen LogP contribution in [-0.4, -0.2) is 227 Å². The molecule has 0 radical (unpaired) electrons. The lowest BCUT2D eigenvalue weighted by molar-refractivity contribution is -0.0209. The second kappa shape index (κ2) is 48.4. The monoisotopic (exact) mass is 764 g/mol. The Labute approximate surface area is 311 Å². The summed E-state index contributed by atoms with van der Waals surface area (Å²) in [5.41, 5.74) is 0. The maximum atomic E-state index is 5.72. The molecule has 0 spiro atoms. The summed E-state index contributed by atoms with van der Waals surface area (Å²) < 4.78 is 97.5. The van der Waals surface area contributed by atoms with Crippen molar-refractivity contribution in [1.82, 2.24) is 0 Å². The van der Waals surface area contributed by atoms with Gasteiger partial charge in [-0.1, -0.05) is 0 Å². The molecule has 0 amide bonds. The Morgan fingerprint density at radius 2 is 0.327 bits per heavy atom. The fraction of sp³-hybridized carbons (Fsp3) is 1.00. The average molecular weight is 765 g/mol. The molecule has 52 heavy (non-hydrogen) atoms. The summed E-state index contributed by atoms with van der Waals surface area (Å²) in [4.78, 5) is 0. The smallest absolute Gasteiger partial charge is 0.383 e. The lowest BCUT2D eigenvalue weighted by atomic mass is 10.2. The van der Waals surface area contributed by atoms with E-state index >= 15 is 0 Å². The quantitative estimate of drug-likeness (QED) is 0.0607. The third-order valence-electron chi connectivity index (χ3n) is 6.09. The highest BCUT2D eigenvalue weighted by Gasteiger charge is 2.21. The molecule has 0 N–H and O–H groups in total. The van der Waals surface area contributed by atoms with Gasteiger partial charge in [-0.05, 0) is 0 Å². The van der Waals surface area contributed by atoms with Crippen LogP contribution in [0.4, 0.5) is 0 Å². The van der Waals surface area contributed by atoms with Crippen LogP contribution >= 0.6 is 0 Å².